The molecule has 7 nitrogen and oxygen atoms in total. The Morgan fingerprint density at radius 1 is 1.03 bits per heavy atom. The van der Waals surface area contributed by atoms with Crippen molar-refractivity contribution >= 4 is 27.3 Å². The summed E-state index contributed by atoms with van der Waals surface area (Å²) < 4.78 is 30.7. The molecule has 1 heterocycles. The van der Waals surface area contributed by atoms with Crippen LogP contribution in [0.1, 0.15) is 11.1 Å². The predicted octanol–water partition coefficient (Wildman–Crippen LogP) is 3.09. The molecule has 2 aromatic carbocycles. The quantitative estimate of drug-likeness (QED) is 0.599. The highest BCUT2D eigenvalue weighted by Crippen LogP contribution is 2.23. The van der Waals surface area contributed by atoms with E-state index in [2.05, 4.69) is 10.3 Å². The minimum atomic E-state index is -3.66. The molecule has 3 aromatic rings. The van der Waals surface area contributed by atoms with Gasteiger partial charge in [0, 0.05) is 24.1 Å². The maximum Gasteiger partial charge on any atom is 0.245 e. The zero-order valence-corrected chi connectivity index (χ0v) is 17.6. The van der Waals surface area contributed by atoms with Crippen LogP contribution in [-0.4, -0.2) is 39.2 Å². The number of nitrogens with one attached hydrogen (secondary N) is 1. The second kappa shape index (κ2) is 9.41. The Kier molecular flexibility index (Phi) is 6.68. The average Bonchev–Trinajstić information content (AvgIpc) is 2.73. The van der Waals surface area contributed by atoms with Crippen molar-refractivity contribution in [1.82, 2.24) is 4.98 Å². The molecule has 1 aromatic heterocycles. The van der Waals surface area contributed by atoms with Gasteiger partial charge >= 0.3 is 0 Å². The van der Waals surface area contributed by atoms with Gasteiger partial charge in [0.25, 0.3) is 0 Å². The van der Waals surface area contributed by atoms with Crippen LogP contribution < -0.4 is 14.4 Å². The van der Waals surface area contributed by atoms with Crippen LogP contribution >= 0.6 is 0 Å². The number of hydrogen-bond acceptors (Lipinski definition) is 5. The van der Waals surface area contributed by atoms with Crippen molar-refractivity contribution < 1.29 is 17.9 Å². The largest absolute Gasteiger partial charge is 0.497 e. The lowest BCUT2D eigenvalue weighted by Crippen LogP contribution is -2.37. The number of hydrogen-bond donors (Lipinski definition) is 1. The Balaban J connectivity index is 1.68. The second-order valence-corrected chi connectivity index (χ2v) is 8.66. The first-order chi connectivity index (χ1) is 14.3. The maximum atomic E-state index is 12.5. The van der Waals surface area contributed by atoms with E-state index in [0.29, 0.717) is 17.1 Å². The van der Waals surface area contributed by atoms with E-state index in [4.69, 9.17) is 4.74 Å². The predicted molar refractivity (Wildman–Crippen MR) is 117 cm³/mol. The third-order valence-electron chi connectivity index (χ3n) is 4.42. The van der Waals surface area contributed by atoms with Gasteiger partial charge in [-0.1, -0.05) is 18.2 Å². The molecular formula is C22H23N3O4S. The molecule has 0 aliphatic heterocycles. The molecule has 0 unspecified atom stereocenters. The van der Waals surface area contributed by atoms with Crippen LogP contribution in [0.5, 0.6) is 5.75 Å². The Labute approximate surface area is 176 Å². The van der Waals surface area contributed by atoms with Crippen molar-refractivity contribution in [3.8, 4) is 5.75 Å². The van der Waals surface area contributed by atoms with Crippen LogP contribution in [0.15, 0.2) is 73.1 Å². The molecule has 1 N–H and O–H groups in total. The van der Waals surface area contributed by atoms with Crippen molar-refractivity contribution in [2.45, 2.75) is 6.42 Å². The van der Waals surface area contributed by atoms with E-state index in [9.17, 15) is 13.2 Å². The molecular weight excluding hydrogens is 402 g/mol. The highest BCUT2D eigenvalue weighted by atomic mass is 32.2. The van der Waals surface area contributed by atoms with Crippen LogP contribution in [0.25, 0.3) is 0 Å². The number of carbonyl (C=O) groups excluding carboxylic acids is 1. The van der Waals surface area contributed by atoms with Crippen molar-refractivity contribution in [3.63, 3.8) is 0 Å². The number of pyridine rings is 1. The number of benzene rings is 2. The van der Waals surface area contributed by atoms with Gasteiger partial charge in [-0.05, 0) is 53.9 Å². The molecule has 3 rings (SSSR count). The van der Waals surface area contributed by atoms with Crippen LogP contribution in [0.4, 0.5) is 11.4 Å². The van der Waals surface area contributed by atoms with E-state index in [1.54, 1.807) is 48.8 Å². The van der Waals surface area contributed by atoms with Gasteiger partial charge in [-0.3, -0.25) is 14.1 Å². The lowest BCUT2D eigenvalue weighted by atomic mass is 10.1. The molecule has 0 radical (unpaired) electrons. The summed E-state index contributed by atoms with van der Waals surface area (Å²) in [7, 11) is -2.16. The number of nitrogens with zero attached hydrogens (tertiary/aromatic N) is 2. The van der Waals surface area contributed by atoms with Crippen LogP contribution in [-0.2, 0) is 21.2 Å². The lowest BCUT2D eigenvalue weighted by molar-refractivity contribution is -0.114. The van der Waals surface area contributed by atoms with Crippen molar-refractivity contribution in [1.29, 1.82) is 0 Å². The maximum absolute atomic E-state index is 12.5. The molecule has 0 spiro atoms. The minimum Gasteiger partial charge on any atom is -0.497 e. The first-order valence-corrected chi connectivity index (χ1v) is 11.1. The molecule has 0 aliphatic rings. The number of methoxy groups -OCH3 is 1. The van der Waals surface area contributed by atoms with Gasteiger partial charge < -0.3 is 10.1 Å². The number of sulfonamides is 1. The highest BCUT2D eigenvalue weighted by Gasteiger charge is 2.21. The standard InChI is InChI=1S/C22H23N3O4S/c1-29-21-5-3-4-20(15-21)25(30(2,27)28)16-22(26)24-19-8-6-17(7-9-19)14-18-10-12-23-13-11-18/h3-13,15H,14,16H2,1-2H3,(H,24,26). The first kappa shape index (κ1) is 21.3. The van der Waals surface area contributed by atoms with Crippen LogP contribution in [0, 0.1) is 0 Å². The lowest BCUT2D eigenvalue weighted by Gasteiger charge is -2.22. The van der Waals surface area contributed by atoms with Crippen LogP contribution in [0.2, 0.25) is 0 Å². The number of amides is 1. The van der Waals surface area contributed by atoms with E-state index in [1.807, 2.05) is 24.3 Å². The Hall–Kier alpha value is -3.39. The zero-order chi connectivity index (χ0) is 21.6. The van der Waals surface area contributed by atoms with Crippen molar-refractivity contribution in [2.75, 3.05) is 29.5 Å². The SMILES string of the molecule is COc1cccc(N(CC(=O)Nc2ccc(Cc3ccncc3)cc2)S(C)(=O)=O)c1. The van der Waals surface area contributed by atoms with Gasteiger partial charge in [-0.15, -0.1) is 0 Å². The summed E-state index contributed by atoms with van der Waals surface area (Å²) in [5.74, 6) is 0.0662. The minimum absolute atomic E-state index is 0.342. The van der Waals surface area contributed by atoms with Crippen molar-refractivity contribution in [2.24, 2.45) is 0 Å². The van der Waals surface area contributed by atoms with E-state index in [0.717, 1.165) is 28.1 Å². The van der Waals surface area contributed by atoms with E-state index >= 15 is 0 Å². The fraction of sp³-hybridized carbons (Fsp3) is 0.182. The van der Waals surface area contributed by atoms with Gasteiger partial charge in [-0.25, -0.2) is 8.42 Å². The number of rotatable bonds is 8. The first-order valence-electron chi connectivity index (χ1n) is 9.24. The van der Waals surface area contributed by atoms with Crippen molar-refractivity contribution in [3.05, 3.63) is 84.2 Å². The molecule has 156 valence electrons. The normalized spacial score (nSPS) is 11.0. The van der Waals surface area contributed by atoms with E-state index < -0.39 is 15.9 Å². The molecule has 8 heteroatoms. The number of anilines is 2. The number of carbonyl (C=O) groups is 1. The Bertz CT molecular complexity index is 1100. The summed E-state index contributed by atoms with van der Waals surface area (Å²) in [6.45, 7) is -0.342. The fourth-order valence-electron chi connectivity index (χ4n) is 2.94. The summed E-state index contributed by atoms with van der Waals surface area (Å²) in [4.78, 5) is 16.5. The third kappa shape index (κ3) is 5.81. The van der Waals surface area contributed by atoms with Gasteiger partial charge in [0.1, 0.15) is 12.3 Å². The van der Waals surface area contributed by atoms with Crippen LogP contribution in [0.3, 0.4) is 0 Å². The Morgan fingerprint density at radius 2 is 1.70 bits per heavy atom. The van der Waals surface area contributed by atoms with E-state index in [-0.39, 0.29) is 6.54 Å². The van der Waals surface area contributed by atoms with Gasteiger partial charge in [-0.2, -0.15) is 0 Å². The summed E-state index contributed by atoms with van der Waals surface area (Å²) in [6, 6.07) is 17.9. The molecule has 0 fully saturated rings. The summed E-state index contributed by atoms with van der Waals surface area (Å²) in [6.07, 6.45) is 5.32. The molecule has 30 heavy (non-hydrogen) atoms. The molecule has 0 bridgehead atoms. The number of aromatic nitrogens is 1. The summed E-state index contributed by atoms with van der Waals surface area (Å²) in [5, 5.41) is 2.75. The van der Waals surface area contributed by atoms with Gasteiger partial charge in [0.05, 0.1) is 19.1 Å². The molecule has 1 amide bonds. The van der Waals surface area contributed by atoms with Gasteiger partial charge in [0.15, 0.2) is 0 Å². The number of ether oxygens (including phenoxy) is 1. The molecule has 0 saturated heterocycles. The molecule has 0 atom stereocenters. The third-order valence-corrected chi connectivity index (χ3v) is 5.56. The summed E-state index contributed by atoms with van der Waals surface area (Å²) >= 11 is 0. The van der Waals surface area contributed by atoms with E-state index in [1.165, 1.54) is 7.11 Å². The Morgan fingerprint density at radius 3 is 2.33 bits per heavy atom. The zero-order valence-electron chi connectivity index (χ0n) is 16.8. The monoisotopic (exact) mass is 425 g/mol. The topological polar surface area (TPSA) is 88.6 Å². The summed E-state index contributed by atoms with van der Waals surface area (Å²) in [5.41, 5.74) is 3.19. The fourth-order valence-corrected chi connectivity index (χ4v) is 3.79. The van der Waals surface area contributed by atoms with Gasteiger partial charge in [0.2, 0.25) is 15.9 Å². The molecule has 0 aliphatic carbocycles. The smallest absolute Gasteiger partial charge is 0.245 e. The highest BCUT2D eigenvalue weighted by molar-refractivity contribution is 7.92. The average molecular weight is 426 g/mol. The second-order valence-electron chi connectivity index (χ2n) is 6.75. The molecule has 0 saturated carbocycles.